The van der Waals surface area contributed by atoms with Gasteiger partial charge in [0.25, 0.3) is 15.9 Å². The van der Waals surface area contributed by atoms with E-state index in [0.29, 0.717) is 24.1 Å². The quantitative estimate of drug-likeness (QED) is 0.162. The van der Waals surface area contributed by atoms with Crippen molar-refractivity contribution < 1.29 is 27.9 Å². The highest BCUT2D eigenvalue weighted by molar-refractivity contribution is 7.90. The molecule has 3 amide bonds. The second-order valence-corrected chi connectivity index (χ2v) is 13.6. The minimum Gasteiger partial charge on any atom is -0.384 e. The van der Waals surface area contributed by atoms with Crippen LogP contribution < -0.4 is 10.0 Å². The van der Waals surface area contributed by atoms with Crippen molar-refractivity contribution in [2.24, 2.45) is 0 Å². The normalized spacial score (nSPS) is 12.6. The van der Waals surface area contributed by atoms with E-state index in [4.69, 9.17) is 11.6 Å². The van der Waals surface area contributed by atoms with Crippen molar-refractivity contribution in [1.82, 2.24) is 14.9 Å². The van der Waals surface area contributed by atoms with Crippen molar-refractivity contribution >= 4 is 52.0 Å². The highest BCUT2D eigenvalue weighted by atomic mass is 35.5. The monoisotopic (exact) mass is 673 g/mol. The fourth-order valence-corrected chi connectivity index (χ4v) is 6.46. The number of aliphatic hydroxyl groups is 1. The molecule has 3 aromatic carbocycles. The number of unbranched alkanes of at least 4 members (excludes halogenated alkanes) is 1. The van der Waals surface area contributed by atoms with E-state index in [-0.39, 0.29) is 52.1 Å². The smallest absolute Gasteiger partial charge is 0.264 e. The van der Waals surface area contributed by atoms with Gasteiger partial charge in [0, 0.05) is 53.9 Å². The van der Waals surface area contributed by atoms with E-state index in [1.807, 2.05) is 42.0 Å². The van der Waals surface area contributed by atoms with E-state index in [9.17, 15) is 27.9 Å². The molecular weight excluding hydrogens is 634 g/mol. The molecule has 242 valence electrons. The zero-order chi connectivity index (χ0) is 33.0. The van der Waals surface area contributed by atoms with Crippen LogP contribution in [0.5, 0.6) is 0 Å². The van der Waals surface area contributed by atoms with Crippen LogP contribution in [-0.2, 0) is 37.4 Å². The number of hydrogen-bond donors (Lipinski definition) is 4. The van der Waals surface area contributed by atoms with Crippen LogP contribution in [0.3, 0.4) is 0 Å². The number of nitrogens with zero attached hydrogens (tertiary/aromatic N) is 1. The van der Waals surface area contributed by atoms with E-state index in [1.165, 1.54) is 19.1 Å². The lowest BCUT2D eigenvalue weighted by atomic mass is 10.0. The molecule has 0 heterocycles. The minimum absolute atomic E-state index is 0.0473. The van der Waals surface area contributed by atoms with Crippen LogP contribution in [-0.4, -0.2) is 60.6 Å². The molecule has 0 radical (unpaired) electrons. The molecule has 3 rings (SSSR count). The van der Waals surface area contributed by atoms with Crippen molar-refractivity contribution in [1.29, 1.82) is 0 Å². The molecule has 0 spiro atoms. The second-order valence-electron chi connectivity index (χ2n) is 10.8. The summed E-state index contributed by atoms with van der Waals surface area (Å²) in [4.78, 5) is 39.1. The first-order valence-electron chi connectivity index (χ1n) is 14.8. The van der Waals surface area contributed by atoms with E-state index in [2.05, 4.69) is 17.9 Å². The minimum atomic E-state index is -4.30. The van der Waals surface area contributed by atoms with Crippen LogP contribution in [0.4, 0.5) is 0 Å². The van der Waals surface area contributed by atoms with Gasteiger partial charge in [-0.2, -0.15) is 12.6 Å². The largest absolute Gasteiger partial charge is 0.384 e. The molecule has 0 saturated carbocycles. The number of hydrogen-bond acceptors (Lipinski definition) is 7. The fraction of sp³-hybridized carbons (Fsp3) is 0.364. The molecule has 3 N–H and O–H groups in total. The maximum atomic E-state index is 13.1. The third-order valence-electron chi connectivity index (χ3n) is 7.04. The van der Waals surface area contributed by atoms with Crippen molar-refractivity contribution in [3.05, 3.63) is 88.9 Å². The number of carbonyl (C=O) groups is 3. The average Bonchev–Trinajstić information content (AvgIpc) is 3.01. The molecular formula is C33H40ClN3O6S2. The Bertz CT molecular complexity index is 1570. The van der Waals surface area contributed by atoms with Gasteiger partial charge in [-0.1, -0.05) is 85.6 Å². The van der Waals surface area contributed by atoms with Gasteiger partial charge in [0.1, 0.15) is 6.10 Å². The van der Waals surface area contributed by atoms with Crippen LogP contribution in [0, 0.1) is 0 Å². The van der Waals surface area contributed by atoms with Gasteiger partial charge in [0.2, 0.25) is 11.8 Å². The van der Waals surface area contributed by atoms with Crippen LogP contribution >= 0.6 is 24.2 Å². The lowest BCUT2D eigenvalue weighted by Crippen LogP contribution is -2.37. The number of aliphatic hydroxyl groups excluding tert-OH is 1. The molecule has 9 nitrogen and oxygen atoms in total. The Balaban J connectivity index is 1.71. The van der Waals surface area contributed by atoms with Gasteiger partial charge in [-0.05, 0) is 43.0 Å². The Morgan fingerprint density at radius 3 is 2.31 bits per heavy atom. The Hall–Kier alpha value is -3.38. The van der Waals surface area contributed by atoms with Gasteiger partial charge >= 0.3 is 0 Å². The maximum absolute atomic E-state index is 13.1. The summed E-state index contributed by atoms with van der Waals surface area (Å²) < 4.78 is 27.8. The van der Waals surface area contributed by atoms with E-state index < -0.39 is 22.0 Å². The molecule has 0 aliphatic heterocycles. The predicted molar refractivity (Wildman–Crippen MR) is 179 cm³/mol. The van der Waals surface area contributed by atoms with Crippen LogP contribution in [0.1, 0.15) is 50.7 Å². The summed E-state index contributed by atoms with van der Waals surface area (Å²) >= 11 is 11.2. The molecule has 0 aromatic heterocycles. The molecule has 0 unspecified atom stereocenters. The number of carbonyl (C=O) groups excluding carboxylic acids is 3. The summed E-state index contributed by atoms with van der Waals surface area (Å²) in [5.74, 6) is -1.30. The first-order valence-corrected chi connectivity index (χ1v) is 17.2. The van der Waals surface area contributed by atoms with Gasteiger partial charge in [-0.25, -0.2) is 13.1 Å². The zero-order valence-corrected chi connectivity index (χ0v) is 27.9. The molecule has 0 saturated heterocycles. The number of sulfonamides is 1. The number of halogens is 1. The lowest BCUT2D eigenvalue weighted by molar-refractivity contribution is -0.132. The third kappa shape index (κ3) is 11.2. The van der Waals surface area contributed by atoms with Gasteiger partial charge in [0.15, 0.2) is 0 Å². The van der Waals surface area contributed by atoms with Crippen molar-refractivity contribution in [2.75, 3.05) is 13.1 Å². The highest BCUT2D eigenvalue weighted by Crippen LogP contribution is 2.33. The Morgan fingerprint density at radius 2 is 1.64 bits per heavy atom. The van der Waals surface area contributed by atoms with Crippen molar-refractivity contribution in [2.45, 2.75) is 68.7 Å². The average molecular weight is 674 g/mol. The molecule has 2 atom stereocenters. The summed E-state index contributed by atoms with van der Waals surface area (Å²) in [5, 5.41) is 12.6. The van der Waals surface area contributed by atoms with E-state index in [1.54, 1.807) is 35.2 Å². The number of benzene rings is 3. The second kappa shape index (κ2) is 17.4. The Morgan fingerprint density at radius 1 is 0.956 bits per heavy atom. The first-order chi connectivity index (χ1) is 21.4. The number of rotatable bonds is 16. The van der Waals surface area contributed by atoms with E-state index >= 15 is 0 Å². The van der Waals surface area contributed by atoms with Gasteiger partial charge < -0.3 is 15.3 Å². The van der Waals surface area contributed by atoms with Crippen LogP contribution in [0.15, 0.2) is 77.7 Å². The Labute approximate surface area is 275 Å². The summed E-state index contributed by atoms with van der Waals surface area (Å²) in [5.41, 5.74) is 2.51. The topological polar surface area (TPSA) is 133 Å². The molecule has 45 heavy (non-hydrogen) atoms. The number of amides is 3. The van der Waals surface area contributed by atoms with Gasteiger partial charge in [-0.15, -0.1) is 0 Å². The first kappa shape index (κ1) is 36.1. The predicted octanol–water partition coefficient (Wildman–Crippen LogP) is 4.76. The molecule has 0 aliphatic carbocycles. The Kier molecular flexibility index (Phi) is 13.9. The summed E-state index contributed by atoms with van der Waals surface area (Å²) in [6.07, 6.45) is 1.25. The number of thiol groups is 1. The number of nitrogens with one attached hydrogen (secondary N) is 2. The molecule has 0 bridgehead atoms. The molecule has 12 heteroatoms. The highest BCUT2D eigenvalue weighted by Gasteiger charge is 2.25. The summed E-state index contributed by atoms with van der Waals surface area (Å²) in [7, 11) is -4.30. The molecule has 3 aromatic rings. The van der Waals surface area contributed by atoms with Gasteiger partial charge in [0.05, 0.1) is 4.90 Å². The molecule has 0 aliphatic rings. The summed E-state index contributed by atoms with van der Waals surface area (Å²) in [6.45, 7) is 4.00. The third-order valence-corrected chi connectivity index (χ3v) is 9.13. The van der Waals surface area contributed by atoms with Crippen LogP contribution in [0.25, 0.3) is 11.1 Å². The van der Waals surface area contributed by atoms with E-state index in [0.717, 1.165) is 24.8 Å². The zero-order valence-electron chi connectivity index (χ0n) is 25.4. The standard InChI is InChI=1S/C33H40ClN3O6S2/c1-3-4-14-32(40)37(18-17-31(39)35-21-26(44)19-24-10-6-5-7-11-24)22-25-15-16-27(29(34)20-25)28-12-8-9-13-30(28)45(42,43)36-33(41)23(2)38/h5-13,15-16,20,23,26,38,44H,3-4,14,17-19,21-22H2,1-2H3,(H,35,39)(H,36,41)/t23-,26+/m0/s1. The molecule has 0 fully saturated rings. The lowest BCUT2D eigenvalue weighted by Gasteiger charge is -2.23. The van der Waals surface area contributed by atoms with Gasteiger partial charge in [-0.3, -0.25) is 14.4 Å². The van der Waals surface area contributed by atoms with Crippen molar-refractivity contribution in [3.63, 3.8) is 0 Å². The fourth-order valence-electron chi connectivity index (χ4n) is 4.58. The SMILES string of the molecule is CCCCC(=O)N(CCC(=O)NC[C@H](S)Cc1ccccc1)Cc1ccc(-c2ccccc2S(=O)(=O)NC(=O)[C@H](C)O)c(Cl)c1. The van der Waals surface area contributed by atoms with Crippen molar-refractivity contribution in [3.8, 4) is 11.1 Å². The maximum Gasteiger partial charge on any atom is 0.264 e. The van der Waals surface area contributed by atoms with Crippen LogP contribution in [0.2, 0.25) is 5.02 Å². The summed E-state index contributed by atoms with van der Waals surface area (Å²) in [6, 6.07) is 21.0.